The number of fused-ring (bicyclic) bond motifs is 2. The van der Waals surface area contributed by atoms with E-state index in [0.29, 0.717) is 33.6 Å². The highest BCUT2D eigenvalue weighted by Crippen LogP contribution is 2.40. The van der Waals surface area contributed by atoms with E-state index in [-0.39, 0.29) is 22.4 Å². The van der Waals surface area contributed by atoms with E-state index in [1.807, 2.05) is 0 Å². The molecule has 0 unspecified atom stereocenters. The van der Waals surface area contributed by atoms with Crippen LogP contribution in [0.3, 0.4) is 0 Å². The van der Waals surface area contributed by atoms with Crippen LogP contribution in [0.2, 0.25) is 5.02 Å². The predicted molar refractivity (Wildman–Crippen MR) is 116 cm³/mol. The Balaban J connectivity index is 1.46. The SMILES string of the molecule is C[C@@H](c1c(F)c(Cl)c(-c2cn3cc(NC(=O)C4CC4)nc3cn2)c2cn[nH]c12)n1ncnn1. The lowest BCUT2D eigenvalue weighted by atomic mass is 9.99. The summed E-state index contributed by atoms with van der Waals surface area (Å²) in [5, 5.41) is 21.8. The molecule has 0 spiro atoms. The number of nitrogens with one attached hydrogen (secondary N) is 2. The van der Waals surface area contributed by atoms with Gasteiger partial charge in [-0.1, -0.05) is 11.6 Å². The number of rotatable bonds is 5. The van der Waals surface area contributed by atoms with Crippen molar-refractivity contribution in [3.05, 3.63) is 47.5 Å². The predicted octanol–water partition coefficient (Wildman–Crippen LogP) is 3.01. The van der Waals surface area contributed by atoms with Crippen molar-refractivity contribution in [1.82, 2.24) is 44.8 Å². The van der Waals surface area contributed by atoms with Crippen molar-refractivity contribution < 1.29 is 9.18 Å². The van der Waals surface area contributed by atoms with Crippen LogP contribution >= 0.6 is 11.6 Å². The molecule has 5 aromatic rings. The van der Waals surface area contributed by atoms with Crippen molar-refractivity contribution in [2.24, 2.45) is 5.92 Å². The standard InChI is InChI=1S/C20H16ClFN10O/c1-9(32-26-8-25-30-32)15-18(22)17(21)16(11-4-24-29-19(11)15)12-6-31-7-13(27-14(31)5-23-12)28-20(33)10-2-3-10/h4-10H,2-3H2,1H3,(H,24,29)(H,28,33)/t9-/m0/s1. The number of hydrogen-bond donors (Lipinski definition) is 2. The van der Waals surface area contributed by atoms with E-state index in [0.717, 1.165) is 12.8 Å². The van der Waals surface area contributed by atoms with Crippen LogP contribution in [0.15, 0.2) is 31.1 Å². The van der Waals surface area contributed by atoms with Crippen molar-refractivity contribution in [2.75, 3.05) is 5.32 Å². The number of anilines is 1. The molecule has 1 aromatic carbocycles. The van der Waals surface area contributed by atoms with Crippen LogP contribution in [-0.2, 0) is 4.79 Å². The Kier molecular flexibility index (Phi) is 4.37. The van der Waals surface area contributed by atoms with Gasteiger partial charge in [0, 0.05) is 28.6 Å². The Morgan fingerprint density at radius 1 is 1.33 bits per heavy atom. The first-order chi connectivity index (χ1) is 16.0. The lowest BCUT2D eigenvalue weighted by Crippen LogP contribution is -2.13. The number of carbonyl (C=O) groups is 1. The maximum atomic E-state index is 15.6. The largest absolute Gasteiger partial charge is 0.309 e. The number of hydrogen-bond acceptors (Lipinski definition) is 7. The first-order valence-electron chi connectivity index (χ1n) is 10.2. The van der Waals surface area contributed by atoms with Gasteiger partial charge in [0.25, 0.3) is 0 Å². The molecule has 13 heteroatoms. The Morgan fingerprint density at radius 3 is 2.94 bits per heavy atom. The molecule has 4 aromatic heterocycles. The lowest BCUT2D eigenvalue weighted by molar-refractivity contribution is -0.117. The Bertz CT molecular complexity index is 1520. The van der Waals surface area contributed by atoms with Gasteiger partial charge >= 0.3 is 0 Å². The molecule has 1 aliphatic rings. The van der Waals surface area contributed by atoms with Crippen LogP contribution in [0.5, 0.6) is 0 Å². The number of amides is 1. The zero-order valence-electron chi connectivity index (χ0n) is 17.2. The van der Waals surface area contributed by atoms with Crippen LogP contribution in [0.25, 0.3) is 27.8 Å². The summed E-state index contributed by atoms with van der Waals surface area (Å²) in [6.07, 6.45) is 9.56. The molecule has 1 fully saturated rings. The smallest absolute Gasteiger partial charge is 0.228 e. The van der Waals surface area contributed by atoms with Gasteiger partial charge in [0.05, 0.1) is 34.8 Å². The third-order valence-electron chi connectivity index (χ3n) is 5.75. The van der Waals surface area contributed by atoms with E-state index >= 15 is 4.39 Å². The van der Waals surface area contributed by atoms with Crippen LogP contribution in [0.1, 0.15) is 31.4 Å². The molecule has 0 aliphatic heterocycles. The highest BCUT2D eigenvalue weighted by Gasteiger charge is 2.30. The summed E-state index contributed by atoms with van der Waals surface area (Å²) in [6.45, 7) is 1.74. The second-order valence-corrected chi connectivity index (χ2v) is 8.31. The van der Waals surface area contributed by atoms with Gasteiger partial charge in [-0.3, -0.25) is 14.9 Å². The molecular weight excluding hydrogens is 451 g/mol. The number of aromatic amines is 1. The van der Waals surface area contributed by atoms with Gasteiger partial charge in [-0.2, -0.15) is 9.90 Å². The minimum absolute atomic E-state index is 0.0385. The first-order valence-corrected chi connectivity index (χ1v) is 10.6. The van der Waals surface area contributed by atoms with Gasteiger partial charge in [0.2, 0.25) is 5.91 Å². The number of H-pyrrole nitrogens is 1. The van der Waals surface area contributed by atoms with Gasteiger partial charge in [-0.15, -0.1) is 10.2 Å². The highest BCUT2D eigenvalue weighted by atomic mass is 35.5. The molecule has 166 valence electrons. The van der Waals surface area contributed by atoms with Crippen molar-refractivity contribution in [1.29, 1.82) is 0 Å². The van der Waals surface area contributed by atoms with E-state index < -0.39 is 11.9 Å². The molecule has 33 heavy (non-hydrogen) atoms. The summed E-state index contributed by atoms with van der Waals surface area (Å²) < 4.78 is 17.3. The maximum absolute atomic E-state index is 15.6. The number of tetrazole rings is 1. The third kappa shape index (κ3) is 3.21. The normalized spacial score (nSPS) is 14.8. The van der Waals surface area contributed by atoms with Crippen molar-refractivity contribution in [3.63, 3.8) is 0 Å². The fourth-order valence-corrected chi connectivity index (χ4v) is 4.21. The molecule has 6 rings (SSSR count). The van der Waals surface area contributed by atoms with Gasteiger partial charge in [-0.05, 0) is 25.0 Å². The topological polar surface area (TPSA) is 132 Å². The number of aromatic nitrogens is 9. The number of halogens is 2. The lowest BCUT2D eigenvalue weighted by Gasteiger charge is -2.16. The quantitative estimate of drug-likeness (QED) is 0.407. The summed E-state index contributed by atoms with van der Waals surface area (Å²) in [4.78, 5) is 22.2. The average Bonchev–Trinajstić information content (AvgIpc) is 3.16. The molecule has 1 aliphatic carbocycles. The summed E-state index contributed by atoms with van der Waals surface area (Å²) in [6, 6.07) is -0.580. The van der Waals surface area contributed by atoms with E-state index in [9.17, 15) is 4.79 Å². The molecule has 1 atom stereocenters. The average molecular weight is 467 g/mol. The fraction of sp³-hybridized carbons (Fsp3) is 0.250. The van der Waals surface area contributed by atoms with E-state index in [1.165, 1.54) is 17.3 Å². The van der Waals surface area contributed by atoms with Gasteiger partial charge in [0.1, 0.15) is 11.9 Å². The number of imidazole rings is 1. The third-order valence-corrected chi connectivity index (χ3v) is 6.11. The summed E-state index contributed by atoms with van der Waals surface area (Å²) in [5.41, 5.74) is 2.07. The van der Waals surface area contributed by atoms with Gasteiger partial charge in [0.15, 0.2) is 17.8 Å². The number of carbonyl (C=O) groups excluding carboxylic acids is 1. The second-order valence-electron chi connectivity index (χ2n) is 7.94. The molecule has 2 N–H and O–H groups in total. The van der Waals surface area contributed by atoms with Crippen molar-refractivity contribution in [2.45, 2.75) is 25.8 Å². The van der Waals surface area contributed by atoms with Crippen LogP contribution in [0, 0.1) is 11.7 Å². The monoisotopic (exact) mass is 466 g/mol. The van der Waals surface area contributed by atoms with Crippen LogP contribution < -0.4 is 5.32 Å². The molecule has 11 nitrogen and oxygen atoms in total. The van der Waals surface area contributed by atoms with E-state index in [1.54, 1.807) is 29.9 Å². The maximum Gasteiger partial charge on any atom is 0.228 e. The van der Waals surface area contributed by atoms with E-state index in [2.05, 4.69) is 40.9 Å². The zero-order valence-corrected chi connectivity index (χ0v) is 18.0. The molecule has 4 heterocycles. The molecule has 1 amide bonds. The number of nitrogens with zero attached hydrogens (tertiary/aromatic N) is 8. The van der Waals surface area contributed by atoms with Gasteiger partial charge < -0.3 is 9.72 Å². The Morgan fingerprint density at radius 2 is 2.18 bits per heavy atom. The van der Waals surface area contributed by atoms with Crippen LogP contribution in [0.4, 0.5) is 10.2 Å². The van der Waals surface area contributed by atoms with Crippen molar-refractivity contribution in [3.8, 4) is 11.3 Å². The Hall–Kier alpha value is -3.93. The summed E-state index contributed by atoms with van der Waals surface area (Å²) in [7, 11) is 0. The molecule has 0 saturated heterocycles. The fourth-order valence-electron chi connectivity index (χ4n) is 3.91. The summed E-state index contributed by atoms with van der Waals surface area (Å²) >= 11 is 6.54. The molecule has 1 saturated carbocycles. The first kappa shape index (κ1) is 19.7. The van der Waals surface area contributed by atoms with Crippen molar-refractivity contribution >= 4 is 39.9 Å². The molecular formula is C20H16ClFN10O. The highest BCUT2D eigenvalue weighted by molar-refractivity contribution is 6.35. The van der Waals surface area contributed by atoms with Crippen LogP contribution in [-0.4, -0.2) is 50.7 Å². The number of benzene rings is 1. The molecule has 0 bridgehead atoms. The Labute approximate surface area is 190 Å². The minimum atomic E-state index is -0.627. The van der Waals surface area contributed by atoms with E-state index in [4.69, 9.17) is 11.6 Å². The second kappa shape index (κ2) is 7.30. The summed E-state index contributed by atoms with van der Waals surface area (Å²) in [5.74, 6) is -0.170. The molecule has 0 radical (unpaired) electrons. The minimum Gasteiger partial charge on any atom is -0.309 e. The van der Waals surface area contributed by atoms with Gasteiger partial charge in [-0.25, -0.2) is 9.37 Å². The zero-order chi connectivity index (χ0) is 22.7.